The predicted octanol–water partition coefficient (Wildman–Crippen LogP) is 0.215. The molecule has 0 aliphatic heterocycles. The lowest BCUT2D eigenvalue weighted by Crippen LogP contribution is -2.21. The van der Waals surface area contributed by atoms with Crippen molar-refractivity contribution in [1.82, 2.24) is 0 Å². The monoisotopic (exact) mass is 176 g/mol. The fraction of sp³-hybridized carbons (Fsp3) is 0.833. The van der Waals surface area contributed by atoms with Gasteiger partial charge in [-0.2, -0.15) is 5.26 Å². The summed E-state index contributed by atoms with van der Waals surface area (Å²) in [5, 5.41) is 13.3. The first kappa shape index (κ1) is 10.4. The van der Waals surface area contributed by atoms with Crippen LogP contribution in [0.4, 0.5) is 0 Å². The molecule has 2 N–H and O–H groups in total. The van der Waals surface area contributed by atoms with E-state index < -0.39 is 15.4 Å². The highest BCUT2D eigenvalue weighted by Crippen LogP contribution is 2.18. The van der Waals surface area contributed by atoms with Gasteiger partial charge in [0, 0.05) is 0 Å². The van der Waals surface area contributed by atoms with E-state index in [1.54, 1.807) is 13.8 Å². The molecule has 0 heterocycles. The van der Waals surface area contributed by atoms with Gasteiger partial charge in [0.2, 0.25) is 10.0 Å². The summed E-state index contributed by atoms with van der Waals surface area (Å²) in [6.07, 6.45) is 0.280. The third-order valence-electron chi connectivity index (χ3n) is 1.31. The van der Waals surface area contributed by atoms with Gasteiger partial charge in [-0.05, 0) is 20.3 Å². The molecule has 0 radical (unpaired) electrons. The van der Waals surface area contributed by atoms with Crippen molar-refractivity contribution in [3.63, 3.8) is 0 Å². The molecule has 0 rings (SSSR count). The van der Waals surface area contributed by atoms with E-state index in [1.165, 1.54) is 0 Å². The first-order valence-electron chi connectivity index (χ1n) is 3.18. The van der Waals surface area contributed by atoms with Crippen molar-refractivity contribution in [1.29, 1.82) is 5.26 Å². The van der Waals surface area contributed by atoms with Crippen LogP contribution in [0.15, 0.2) is 0 Å². The van der Waals surface area contributed by atoms with Crippen LogP contribution in [-0.4, -0.2) is 14.2 Å². The van der Waals surface area contributed by atoms with E-state index in [4.69, 9.17) is 10.4 Å². The molecule has 0 saturated heterocycles. The molecule has 4 nitrogen and oxygen atoms in total. The number of sulfonamides is 1. The highest BCUT2D eigenvalue weighted by atomic mass is 32.2. The molecule has 0 aliphatic rings. The Morgan fingerprint density at radius 2 is 2.00 bits per heavy atom. The number of nitrogens with zero attached hydrogens (tertiary/aromatic N) is 1. The molecule has 0 bridgehead atoms. The van der Waals surface area contributed by atoms with Crippen molar-refractivity contribution < 1.29 is 8.42 Å². The van der Waals surface area contributed by atoms with E-state index in [9.17, 15) is 8.42 Å². The maximum Gasteiger partial charge on any atom is 0.209 e. The van der Waals surface area contributed by atoms with Crippen LogP contribution in [0.2, 0.25) is 0 Å². The summed E-state index contributed by atoms with van der Waals surface area (Å²) in [7, 11) is -3.42. The van der Waals surface area contributed by atoms with E-state index in [0.717, 1.165) is 0 Å². The summed E-state index contributed by atoms with van der Waals surface area (Å²) < 4.78 is 20.9. The lowest BCUT2D eigenvalue weighted by atomic mass is 9.93. The van der Waals surface area contributed by atoms with Gasteiger partial charge in [0.1, 0.15) is 0 Å². The van der Waals surface area contributed by atoms with Gasteiger partial charge in [-0.25, -0.2) is 13.6 Å². The average Bonchev–Trinajstić information content (AvgIpc) is 1.83. The Morgan fingerprint density at radius 1 is 1.55 bits per heavy atom. The van der Waals surface area contributed by atoms with Crippen LogP contribution in [0.3, 0.4) is 0 Å². The second-order valence-electron chi connectivity index (χ2n) is 3.11. The summed E-state index contributed by atoms with van der Waals surface area (Å²) in [6.45, 7) is 3.36. The summed E-state index contributed by atoms with van der Waals surface area (Å²) in [4.78, 5) is 0. The zero-order valence-corrected chi connectivity index (χ0v) is 7.48. The summed E-state index contributed by atoms with van der Waals surface area (Å²) >= 11 is 0. The molecule has 11 heavy (non-hydrogen) atoms. The van der Waals surface area contributed by atoms with Crippen LogP contribution in [0, 0.1) is 16.7 Å². The third kappa shape index (κ3) is 5.83. The first-order valence-corrected chi connectivity index (χ1v) is 4.90. The molecule has 0 aromatic heterocycles. The maximum absolute atomic E-state index is 10.5. The summed E-state index contributed by atoms with van der Waals surface area (Å²) in [6, 6.07) is 1.99. The molecular weight excluding hydrogens is 164 g/mol. The molecule has 0 amide bonds. The Morgan fingerprint density at radius 3 is 2.27 bits per heavy atom. The van der Waals surface area contributed by atoms with Crippen LogP contribution in [0.1, 0.15) is 20.3 Å². The van der Waals surface area contributed by atoms with Crippen molar-refractivity contribution in [2.24, 2.45) is 10.6 Å². The zero-order valence-electron chi connectivity index (χ0n) is 6.66. The van der Waals surface area contributed by atoms with Gasteiger partial charge in [-0.3, -0.25) is 0 Å². The summed E-state index contributed by atoms with van der Waals surface area (Å²) in [5.41, 5.74) is -0.605. The number of primary sulfonamides is 1. The van der Waals surface area contributed by atoms with Gasteiger partial charge in [-0.1, -0.05) is 0 Å². The molecule has 0 spiro atoms. The van der Waals surface area contributed by atoms with Crippen molar-refractivity contribution in [3.05, 3.63) is 0 Å². The molecule has 0 aromatic carbocycles. The molecule has 0 fully saturated rings. The number of hydrogen-bond donors (Lipinski definition) is 1. The quantitative estimate of drug-likeness (QED) is 0.667. The molecule has 0 aromatic rings. The third-order valence-corrected chi connectivity index (χ3v) is 2.09. The molecule has 0 saturated carbocycles. The Bertz CT molecular complexity index is 261. The topological polar surface area (TPSA) is 83.9 Å². The second kappa shape index (κ2) is 3.20. The molecule has 0 unspecified atom stereocenters. The standard InChI is InChI=1S/C6H12N2O2S/c1-6(2,5-7)3-4-11(8,9)10/h3-4H2,1-2H3,(H2,8,9,10). The molecule has 5 heteroatoms. The highest BCUT2D eigenvalue weighted by Gasteiger charge is 2.18. The van der Waals surface area contributed by atoms with E-state index in [0.29, 0.717) is 0 Å². The Kier molecular flexibility index (Phi) is 3.02. The fourth-order valence-corrected chi connectivity index (χ4v) is 1.25. The number of nitrogens with two attached hydrogens (primary N) is 1. The molecule has 0 atom stereocenters. The van der Waals surface area contributed by atoms with E-state index in [1.807, 2.05) is 6.07 Å². The van der Waals surface area contributed by atoms with Crippen LogP contribution in [0.5, 0.6) is 0 Å². The van der Waals surface area contributed by atoms with Crippen molar-refractivity contribution in [3.8, 4) is 6.07 Å². The number of hydrogen-bond acceptors (Lipinski definition) is 3. The SMILES string of the molecule is CC(C)(C#N)CCS(N)(=O)=O. The van der Waals surface area contributed by atoms with Crippen LogP contribution in [-0.2, 0) is 10.0 Å². The number of rotatable bonds is 3. The van der Waals surface area contributed by atoms with Crippen molar-refractivity contribution >= 4 is 10.0 Å². The van der Waals surface area contributed by atoms with Crippen molar-refractivity contribution in [2.45, 2.75) is 20.3 Å². The highest BCUT2D eigenvalue weighted by molar-refractivity contribution is 7.89. The van der Waals surface area contributed by atoms with Gasteiger partial charge in [0.05, 0.1) is 17.2 Å². The lowest BCUT2D eigenvalue weighted by Gasteiger charge is -2.12. The minimum atomic E-state index is -3.42. The minimum absolute atomic E-state index is 0.131. The Labute approximate surface area is 67.1 Å². The second-order valence-corrected chi connectivity index (χ2v) is 4.85. The van der Waals surface area contributed by atoms with E-state index >= 15 is 0 Å². The summed E-state index contributed by atoms with van der Waals surface area (Å²) in [5.74, 6) is -0.131. The Balaban J connectivity index is 4.03. The van der Waals surface area contributed by atoms with Crippen molar-refractivity contribution in [2.75, 3.05) is 5.75 Å². The predicted molar refractivity (Wildman–Crippen MR) is 42.0 cm³/mol. The minimum Gasteiger partial charge on any atom is -0.229 e. The number of nitriles is 1. The Hall–Kier alpha value is -0.600. The normalized spacial score (nSPS) is 12.5. The first-order chi connectivity index (χ1) is 4.77. The maximum atomic E-state index is 10.5. The van der Waals surface area contributed by atoms with Crippen LogP contribution in [0.25, 0.3) is 0 Å². The molecule has 64 valence electrons. The lowest BCUT2D eigenvalue weighted by molar-refractivity contribution is 0.473. The fourth-order valence-electron chi connectivity index (χ4n) is 0.453. The van der Waals surface area contributed by atoms with E-state index in [2.05, 4.69) is 0 Å². The average molecular weight is 176 g/mol. The van der Waals surface area contributed by atoms with E-state index in [-0.39, 0.29) is 12.2 Å². The largest absolute Gasteiger partial charge is 0.229 e. The zero-order chi connectivity index (χ0) is 9.12. The smallest absolute Gasteiger partial charge is 0.209 e. The molecule has 0 aliphatic carbocycles. The van der Waals surface area contributed by atoms with Gasteiger partial charge >= 0.3 is 0 Å². The van der Waals surface area contributed by atoms with Gasteiger partial charge < -0.3 is 0 Å². The van der Waals surface area contributed by atoms with Crippen LogP contribution >= 0.6 is 0 Å². The molecular formula is C6H12N2O2S. The van der Waals surface area contributed by atoms with Gasteiger partial charge in [0.25, 0.3) is 0 Å². The van der Waals surface area contributed by atoms with Gasteiger partial charge in [-0.15, -0.1) is 0 Å². The van der Waals surface area contributed by atoms with Gasteiger partial charge in [0.15, 0.2) is 0 Å². The van der Waals surface area contributed by atoms with Crippen LogP contribution < -0.4 is 5.14 Å².